The van der Waals surface area contributed by atoms with E-state index < -0.39 is 0 Å². The molecule has 1 heterocycles. The fourth-order valence-corrected chi connectivity index (χ4v) is 1.81. The Hall–Kier alpha value is -1.65. The van der Waals surface area contributed by atoms with Gasteiger partial charge < -0.3 is 10.5 Å². The van der Waals surface area contributed by atoms with Gasteiger partial charge in [0, 0.05) is 11.2 Å². The second kappa shape index (κ2) is 5.33. The quantitative estimate of drug-likeness (QED) is 0.874. The lowest BCUT2D eigenvalue weighted by Gasteiger charge is -2.11. The van der Waals surface area contributed by atoms with Crippen molar-refractivity contribution in [3.63, 3.8) is 0 Å². The van der Waals surface area contributed by atoms with Crippen LogP contribution in [0.5, 0.6) is 11.5 Å². The number of ether oxygens (including phenoxy) is 1. The minimum atomic E-state index is 0.244. The van der Waals surface area contributed by atoms with Crippen LogP contribution in [0.1, 0.15) is 11.3 Å². The minimum absolute atomic E-state index is 0.244. The van der Waals surface area contributed by atoms with E-state index >= 15 is 0 Å². The van der Waals surface area contributed by atoms with E-state index in [-0.39, 0.29) is 4.99 Å². The fraction of sp³-hybridized carbons (Fsp3) is 0.0769. The largest absolute Gasteiger partial charge is 0.455 e. The molecule has 5 heteroatoms. The highest BCUT2D eigenvalue weighted by atomic mass is 35.5. The molecule has 0 fully saturated rings. The van der Waals surface area contributed by atoms with Crippen LogP contribution in [-0.4, -0.2) is 9.97 Å². The zero-order valence-corrected chi connectivity index (χ0v) is 11.3. The van der Waals surface area contributed by atoms with Gasteiger partial charge in [-0.25, -0.2) is 0 Å². The zero-order valence-electron chi connectivity index (χ0n) is 9.68. The van der Waals surface area contributed by atoms with Gasteiger partial charge in [-0.05, 0) is 37.3 Å². The highest BCUT2D eigenvalue weighted by Crippen LogP contribution is 2.28. The highest BCUT2D eigenvalue weighted by molar-refractivity contribution is 7.80. The summed E-state index contributed by atoms with van der Waals surface area (Å²) in [5.74, 6) is 1.24. The molecule has 1 aromatic heterocycles. The van der Waals surface area contributed by atoms with Crippen LogP contribution in [-0.2, 0) is 0 Å². The fourth-order valence-electron chi connectivity index (χ4n) is 1.48. The second-order valence-electron chi connectivity index (χ2n) is 3.69. The average molecular weight is 279 g/mol. The van der Waals surface area contributed by atoms with Crippen LogP contribution < -0.4 is 10.5 Å². The maximum atomic E-state index is 5.91. The van der Waals surface area contributed by atoms with Crippen LogP contribution >= 0.6 is 23.8 Å². The van der Waals surface area contributed by atoms with Crippen LogP contribution in [0.2, 0.25) is 5.02 Å². The third-order valence-electron chi connectivity index (χ3n) is 2.39. The molecule has 1 aromatic carbocycles. The first kappa shape index (κ1) is 12.8. The molecule has 2 N–H and O–H groups in total. The second-order valence-corrected chi connectivity index (χ2v) is 4.57. The van der Waals surface area contributed by atoms with Gasteiger partial charge in [-0.2, -0.15) is 0 Å². The molecule has 2 aromatic rings. The monoisotopic (exact) mass is 278 g/mol. The molecular formula is C13H11ClN2OS. The molecule has 2 rings (SSSR count). The predicted octanol–water partition coefficient (Wildman–Crippen LogP) is 3.47. The van der Waals surface area contributed by atoms with Gasteiger partial charge in [0.1, 0.15) is 16.5 Å². The van der Waals surface area contributed by atoms with Crippen molar-refractivity contribution in [3.8, 4) is 11.5 Å². The summed E-state index contributed by atoms with van der Waals surface area (Å²) in [6.45, 7) is 1.87. The van der Waals surface area contributed by atoms with E-state index in [1.165, 1.54) is 0 Å². The molecule has 0 aliphatic carbocycles. The standard InChI is InChI=1S/C13H11ClN2OS/c1-8-11(3-2-6-16-8)17-12-5-4-9(14)7-10(12)13(15)18/h2-7H,1H3,(H2,15,18). The Kier molecular flexibility index (Phi) is 3.79. The lowest BCUT2D eigenvalue weighted by atomic mass is 10.2. The van der Waals surface area contributed by atoms with E-state index in [0.717, 1.165) is 5.69 Å². The maximum Gasteiger partial charge on any atom is 0.148 e. The maximum absolute atomic E-state index is 5.91. The van der Waals surface area contributed by atoms with Gasteiger partial charge in [-0.15, -0.1) is 0 Å². The molecule has 0 saturated heterocycles. The van der Waals surface area contributed by atoms with Crippen molar-refractivity contribution in [1.82, 2.24) is 4.98 Å². The molecule has 0 amide bonds. The molecular weight excluding hydrogens is 268 g/mol. The number of nitrogens with two attached hydrogens (primary N) is 1. The first-order valence-corrected chi connectivity index (χ1v) is 6.05. The van der Waals surface area contributed by atoms with Crippen molar-refractivity contribution in [2.45, 2.75) is 6.92 Å². The van der Waals surface area contributed by atoms with Crippen molar-refractivity contribution < 1.29 is 4.74 Å². The Morgan fingerprint density at radius 3 is 2.78 bits per heavy atom. The van der Waals surface area contributed by atoms with Gasteiger partial charge in [-0.3, -0.25) is 4.98 Å². The molecule has 0 saturated carbocycles. The molecule has 0 bridgehead atoms. The summed E-state index contributed by atoms with van der Waals surface area (Å²) in [7, 11) is 0. The molecule has 0 spiro atoms. The third-order valence-corrected chi connectivity index (χ3v) is 2.84. The van der Waals surface area contributed by atoms with Crippen LogP contribution in [0.25, 0.3) is 0 Å². The number of aromatic nitrogens is 1. The lowest BCUT2D eigenvalue weighted by Crippen LogP contribution is -2.10. The summed E-state index contributed by atoms with van der Waals surface area (Å²) in [5, 5.41) is 0.563. The SMILES string of the molecule is Cc1ncccc1Oc1ccc(Cl)cc1C(N)=S. The summed E-state index contributed by atoms with van der Waals surface area (Å²) >= 11 is 10.9. The molecule has 0 aliphatic heterocycles. The number of thiocarbonyl (C=S) groups is 1. The van der Waals surface area contributed by atoms with E-state index in [1.807, 2.05) is 13.0 Å². The molecule has 92 valence electrons. The summed E-state index contributed by atoms with van der Waals surface area (Å²) in [6.07, 6.45) is 1.71. The van der Waals surface area contributed by atoms with E-state index in [1.54, 1.807) is 30.5 Å². The van der Waals surface area contributed by atoms with Crippen LogP contribution in [0.15, 0.2) is 36.5 Å². The number of halogens is 1. The summed E-state index contributed by atoms with van der Waals surface area (Å²) in [6, 6.07) is 8.79. The third kappa shape index (κ3) is 2.78. The van der Waals surface area contributed by atoms with E-state index in [0.29, 0.717) is 22.1 Å². The number of benzene rings is 1. The average Bonchev–Trinajstić information content (AvgIpc) is 2.34. The summed E-state index contributed by atoms with van der Waals surface area (Å²) < 4.78 is 5.77. The van der Waals surface area contributed by atoms with E-state index in [2.05, 4.69) is 4.98 Å². The predicted molar refractivity (Wildman–Crippen MR) is 76.4 cm³/mol. The highest BCUT2D eigenvalue weighted by Gasteiger charge is 2.09. The molecule has 18 heavy (non-hydrogen) atoms. The van der Waals surface area contributed by atoms with Gasteiger partial charge in [0.2, 0.25) is 0 Å². The molecule has 0 unspecified atom stereocenters. The smallest absolute Gasteiger partial charge is 0.148 e. The van der Waals surface area contributed by atoms with E-state index in [9.17, 15) is 0 Å². The van der Waals surface area contributed by atoms with Crippen LogP contribution in [0.3, 0.4) is 0 Å². The first-order valence-electron chi connectivity index (χ1n) is 5.27. The Labute approximate surface area is 116 Å². The number of hydrogen-bond acceptors (Lipinski definition) is 3. The molecule has 0 aliphatic rings. The zero-order chi connectivity index (χ0) is 13.1. The number of nitrogens with zero attached hydrogens (tertiary/aromatic N) is 1. The van der Waals surface area contributed by atoms with Crippen molar-refractivity contribution >= 4 is 28.8 Å². The Balaban J connectivity index is 2.41. The van der Waals surface area contributed by atoms with Crippen molar-refractivity contribution in [3.05, 3.63) is 52.8 Å². The van der Waals surface area contributed by atoms with Gasteiger partial charge in [0.05, 0.1) is 11.3 Å². The number of aryl methyl sites for hydroxylation is 1. The van der Waals surface area contributed by atoms with Crippen LogP contribution in [0, 0.1) is 6.92 Å². The first-order chi connectivity index (χ1) is 8.58. The van der Waals surface area contributed by atoms with Gasteiger partial charge in [-0.1, -0.05) is 23.8 Å². The topological polar surface area (TPSA) is 48.1 Å². The Morgan fingerprint density at radius 2 is 2.11 bits per heavy atom. The number of pyridine rings is 1. The van der Waals surface area contributed by atoms with Gasteiger partial charge in [0.25, 0.3) is 0 Å². The van der Waals surface area contributed by atoms with Crippen molar-refractivity contribution in [2.24, 2.45) is 5.73 Å². The number of hydrogen-bond donors (Lipinski definition) is 1. The van der Waals surface area contributed by atoms with Gasteiger partial charge >= 0.3 is 0 Å². The lowest BCUT2D eigenvalue weighted by molar-refractivity contribution is 0.475. The summed E-state index contributed by atoms with van der Waals surface area (Å²) in [5.41, 5.74) is 7.06. The summed E-state index contributed by atoms with van der Waals surface area (Å²) in [4.78, 5) is 4.40. The number of rotatable bonds is 3. The van der Waals surface area contributed by atoms with Crippen molar-refractivity contribution in [2.75, 3.05) is 0 Å². The minimum Gasteiger partial charge on any atom is -0.455 e. The Bertz CT molecular complexity index is 601. The normalized spacial score (nSPS) is 10.1. The molecule has 0 atom stereocenters. The molecule has 3 nitrogen and oxygen atoms in total. The van der Waals surface area contributed by atoms with Crippen molar-refractivity contribution in [1.29, 1.82) is 0 Å². The Morgan fingerprint density at radius 1 is 1.33 bits per heavy atom. The molecule has 0 radical (unpaired) electrons. The van der Waals surface area contributed by atoms with Crippen LogP contribution in [0.4, 0.5) is 0 Å². The van der Waals surface area contributed by atoms with E-state index in [4.69, 9.17) is 34.3 Å². The van der Waals surface area contributed by atoms with Gasteiger partial charge in [0.15, 0.2) is 0 Å².